The molecule has 2 unspecified atom stereocenters. The highest BCUT2D eigenvalue weighted by Gasteiger charge is 2.25. The van der Waals surface area contributed by atoms with E-state index in [1.807, 2.05) is 0 Å². The molecule has 0 bridgehead atoms. The normalized spacial score (nSPS) is 23.2. The number of hydrogen-bond donors (Lipinski definition) is 3. The van der Waals surface area contributed by atoms with E-state index in [9.17, 15) is 0 Å². The molecule has 1 aliphatic carbocycles. The van der Waals surface area contributed by atoms with E-state index in [1.54, 1.807) is 4.68 Å². The number of anilines is 2. The van der Waals surface area contributed by atoms with Gasteiger partial charge in [-0.1, -0.05) is 5.21 Å². The lowest BCUT2D eigenvalue weighted by Crippen LogP contribution is -2.11. The quantitative estimate of drug-likeness (QED) is 0.699. The summed E-state index contributed by atoms with van der Waals surface area (Å²) in [5.74, 6) is 1.28. The van der Waals surface area contributed by atoms with Gasteiger partial charge in [-0.15, -0.1) is 5.10 Å². The molecule has 8 nitrogen and oxygen atoms in total. The molecule has 102 valence electrons. The molecule has 1 fully saturated rings. The highest BCUT2D eigenvalue weighted by atomic mass is 16.3. The molecule has 2 aromatic heterocycles. The molecular formula is C11H17N7O. The fourth-order valence-electron chi connectivity index (χ4n) is 2.77. The minimum absolute atomic E-state index is 0.133. The van der Waals surface area contributed by atoms with Crippen LogP contribution in [0.3, 0.4) is 0 Å². The van der Waals surface area contributed by atoms with Crippen molar-refractivity contribution in [3.8, 4) is 0 Å². The number of nitrogens with zero attached hydrogens (tertiary/aromatic N) is 5. The highest BCUT2D eigenvalue weighted by molar-refractivity contribution is 5.81. The summed E-state index contributed by atoms with van der Waals surface area (Å²) in [5, 5.41) is 17.2. The van der Waals surface area contributed by atoms with Gasteiger partial charge in [0.2, 0.25) is 5.95 Å². The second-order valence-corrected chi connectivity index (χ2v) is 5.14. The van der Waals surface area contributed by atoms with Crippen LogP contribution in [0.4, 0.5) is 11.8 Å². The number of nitrogen functional groups attached to an aromatic ring is 2. The van der Waals surface area contributed by atoms with Gasteiger partial charge >= 0.3 is 0 Å². The van der Waals surface area contributed by atoms with Crippen LogP contribution >= 0.6 is 0 Å². The number of nitrogens with two attached hydrogens (primary N) is 2. The van der Waals surface area contributed by atoms with Crippen LogP contribution in [0.1, 0.15) is 19.3 Å². The Bertz CT molecular complexity index is 596. The Morgan fingerprint density at radius 3 is 2.74 bits per heavy atom. The van der Waals surface area contributed by atoms with Crippen molar-refractivity contribution >= 4 is 22.9 Å². The van der Waals surface area contributed by atoms with Crippen LogP contribution < -0.4 is 11.5 Å². The van der Waals surface area contributed by atoms with Crippen molar-refractivity contribution in [1.29, 1.82) is 0 Å². The van der Waals surface area contributed by atoms with Gasteiger partial charge in [-0.2, -0.15) is 9.97 Å². The average Bonchev–Trinajstić information content (AvgIpc) is 2.97. The SMILES string of the molecule is Nc1nc(N)c2nnn(CC3CCC(CO)C3)c2n1. The monoisotopic (exact) mass is 263 g/mol. The fraction of sp³-hybridized carbons (Fsp3) is 0.636. The second-order valence-electron chi connectivity index (χ2n) is 5.14. The third-order valence-electron chi connectivity index (χ3n) is 3.75. The molecule has 2 heterocycles. The van der Waals surface area contributed by atoms with Crippen molar-refractivity contribution in [2.45, 2.75) is 25.8 Å². The van der Waals surface area contributed by atoms with Gasteiger partial charge in [-0.25, -0.2) is 4.68 Å². The van der Waals surface area contributed by atoms with Crippen molar-refractivity contribution in [3.05, 3.63) is 0 Å². The van der Waals surface area contributed by atoms with Gasteiger partial charge in [0, 0.05) is 13.2 Å². The average molecular weight is 263 g/mol. The molecule has 2 atom stereocenters. The van der Waals surface area contributed by atoms with E-state index >= 15 is 0 Å². The van der Waals surface area contributed by atoms with Crippen LogP contribution in [0.2, 0.25) is 0 Å². The van der Waals surface area contributed by atoms with Gasteiger partial charge in [0.25, 0.3) is 0 Å². The van der Waals surface area contributed by atoms with Crippen molar-refractivity contribution in [2.24, 2.45) is 11.8 Å². The van der Waals surface area contributed by atoms with Gasteiger partial charge in [-0.3, -0.25) is 0 Å². The van der Waals surface area contributed by atoms with Gasteiger partial charge < -0.3 is 16.6 Å². The summed E-state index contributed by atoms with van der Waals surface area (Å²) in [6.07, 6.45) is 3.16. The summed E-state index contributed by atoms with van der Waals surface area (Å²) in [7, 11) is 0. The molecule has 8 heteroatoms. The molecule has 0 aliphatic heterocycles. The first-order valence-electron chi connectivity index (χ1n) is 6.40. The number of rotatable bonds is 3. The van der Waals surface area contributed by atoms with Crippen LogP contribution in [0.25, 0.3) is 11.2 Å². The van der Waals surface area contributed by atoms with Gasteiger partial charge in [-0.05, 0) is 31.1 Å². The van der Waals surface area contributed by atoms with E-state index in [0.717, 1.165) is 25.8 Å². The number of fused-ring (bicyclic) bond motifs is 1. The summed E-state index contributed by atoms with van der Waals surface area (Å²) >= 11 is 0. The molecule has 0 radical (unpaired) electrons. The van der Waals surface area contributed by atoms with Gasteiger partial charge in [0.05, 0.1) is 0 Å². The Morgan fingerprint density at radius 1 is 1.21 bits per heavy atom. The predicted octanol–water partition coefficient (Wildman–Crippen LogP) is -0.206. The van der Waals surface area contributed by atoms with E-state index in [2.05, 4.69) is 20.3 Å². The molecule has 5 N–H and O–H groups in total. The number of hydrogen-bond acceptors (Lipinski definition) is 7. The third kappa shape index (κ3) is 2.19. The smallest absolute Gasteiger partial charge is 0.224 e. The van der Waals surface area contributed by atoms with Crippen LogP contribution in [0, 0.1) is 11.8 Å². The Balaban J connectivity index is 1.86. The van der Waals surface area contributed by atoms with E-state index in [0.29, 0.717) is 23.0 Å². The maximum Gasteiger partial charge on any atom is 0.224 e. The maximum absolute atomic E-state index is 9.17. The molecule has 2 aromatic rings. The molecule has 19 heavy (non-hydrogen) atoms. The maximum atomic E-state index is 9.17. The van der Waals surface area contributed by atoms with E-state index < -0.39 is 0 Å². The van der Waals surface area contributed by atoms with Crippen molar-refractivity contribution in [1.82, 2.24) is 25.0 Å². The second kappa shape index (κ2) is 4.61. The molecule has 0 amide bonds. The summed E-state index contributed by atoms with van der Waals surface area (Å²) in [6, 6.07) is 0. The highest BCUT2D eigenvalue weighted by Crippen LogP contribution is 2.32. The minimum Gasteiger partial charge on any atom is -0.396 e. The minimum atomic E-state index is 0.133. The first kappa shape index (κ1) is 12.1. The van der Waals surface area contributed by atoms with E-state index in [1.165, 1.54) is 0 Å². The lowest BCUT2D eigenvalue weighted by atomic mass is 10.1. The number of aliphatic hydroxyl groups excluding tert-OH is 1. The standard InChI is InChI=1S/C11H17N7O/c12-9-8-10(15-11(13)14-9)18(17-16-8)4-6-1-2-7(3-6)5-19/h6-7,19H,1-5H2,(H4,12,13,14,15). The Hall–Kier alpha value is -1.96. The lowest BCUT2D eigenvalue weighted by Gasteiger charge is -2.09. The fourth-order valence-corrected chi connectivity index (χ4v) is 2.77. The first-order chi connectivity index (χ1) is 9.17. The Kier molecular flexibility index (Phi) is 2.94. The van der Waals surface area contributed by atoms with Crippen LogP contribution in [-0.4, -0.2) is 36.7 Å². The van der Waals surface area contributed by atoms with Gasteiger partial charge in [0.15, 0.2) is 17.0 Å². The first-order valence-corrected chi connectivity index (χ1v) is 6.40. The molecule has 3 rings (SSSR count). The zero-order chi connectivity index (χ0) is 13.4. The topological polar surface area (TPSA) is 129 Å². The molecule has 1 saturated carbocycles. The molecule has 0 spiro atoms. The van der Waals surface area contributed by atoms with Crippen molar-refractivity contribution in [3.63, 3.8) is 0 Å². The van der Waals surface area contributed by atoms with Crippen molar-refractivity contribution in [2.75, 3.05) is 18.1 Å². The largest absolute Gasteiger partial charge is 0.396 e. The Labute approximate surface area is 109 Å². The molecule has 1 aliphatic rings. The summed E-state index contributed by atoms with van der Waals surface area (Å²) in [5.41, 5.74) is 12.4. The summed E-state index contributed by atoms with van der Waals surface area (Å²) in [6.45, 7) is 0.986. The van der Waals surface area contributed by atoms with Crippen LogP contribution in [0.15, 0.2) is 0 Å². The number of aromatic nitrogens is 5. The molecule has 0 saturated heterocycles. The Morgan fingerprint density at radius 2 is 2.00 bits per heavy atom. The third-order valence-corrected chi connectivity index (χ3v) is 3.75. The molecule has 0 aromatic carbocycles. The molecular weight excluding hydrogens is 246 g/mol. The van der Waals surface area contributed by atoms with E-state index in [4.69, 9.17) is 16.6 Å². The van der Waals surface area contributed by atoms with Crippen molar-refractivity contribution < 1.29 is 5.11 Å². The predicted molar refractivity (Wildman–Crippen MR) is 69.9 cm³/mol. The van der Waals surface area contributed by atoms with Crippen LogP contribution in [0.5, 0.6) is 0 Å². The summed E-state index contributed by atoms with van der Waals surface area (Å²) < 4.78 is 1.73. The zero-order valence-electron chi connectivity index (χ0n) is 10.5. The zero-order valence-corrected chi connectivity index (χ0v) is 10.5. The lowest BCUT2D eigenvalue weighted by molar-refractivity contribution is 0.224. The van der Waals surface area contributed by atoms with Crippen LogP contribution in [-0.2, 0) is 6.54 Å². The summed E-state index contributed by atoms with van der Waals surface area (Å²) in [4.78, 5) is 8.02. The van der Waals surface area contributed by atoms with Gasteiger partial charge in [0.1, 0.15) is 0 Å². The number of aliphatic hydroxyl groups is 1. The van der Waals surface area contributed by atoms with E-state index in [-0.39, 0.29) is 18.4 Å².